The number of hydrogen-bond donors (Lipinski definition) is 1. The third-order valence-electron chi connectivity index (χ3n) is 4.92. The molecule has 3 nitrogen and oxygen atoms in total. The molecule has 6 heteroatoms. The molecular weight excluding hydrogens is 331 g/mol. The second-order valence-electron chi connectivity index (χ2n) is 6.28. The number of nitrogens with zero attached hydrogens (tertiary/aromatic N) is 1. The fourth-order valence-electron chi connectivity index (χ4n) is 3.36. The van der Waals surface area contributed by atoms with Crippen molar-refractivity contribution in [2.24, 2.45) is 0 Å². The SMILES string of the molecule is COC1(c2ccc(C(F)(F)F)cc2)CCN(c2ccc(O)cc2)CC1. The zero-order valence-corrected chi connectivity index (χ0v) is 13.9. The van der Waals surface area contributed by atoms with E-state index in [0.717, 1.165) is 36.5 Å². The maximum Gasteiger partial charge on any atom is 0.416 e. The van der Waals surface area contributed by atoms with Crippen molar-refractivity contribution in [2.45, 2.75) is 24.6 Å². The Hall–Kier alpha value is -2.21. The third kappa shape index (κ3) is 3.58. The van der Waals surface area contributed by atoms with Crippen molar-refractivity contribution in [1.29, 1.82) is 0 Å². The van der Waals surface area contributed by atoms with Crippen molar-refractivity contribution in [2.75, 3.05) is 25.1 Å². The first kappa shape index (κ1) is 17.6. The van der Waals surface area contributed by atoms with Crippen LogP contribution in [-0.2, 0) is 16.5 Å². The number of hydrogen-bond acceptors (Lipinski definition) is 3. The van der Waals surface area contributed by atoms with Gasteiger partial charge in [0.2, 0.25) is 0 Å². The first-order valence-corrected chi connectivity index (χ1v) is 8.11. The summed E-state index contributed by atoms with van der Waals surface area (Å²) >= 11 is 0. The molecule has 1 saturated heterocycles. The van der Waals surface area contributed by atoms with Crippen LogP contribution in [0.25, 0.3) is 0 Å². The largest absolute Gasteiger partial charge is 0.508 e. The number of aromatic hydroxyl groups is 1. The summed E-state index contributed by atoms with van der Waals surface area (Å²) in [5.41, 5.74) is 0.560. The average Bonchev–Trinajstić information content (AvgIpc) is 2.62. The highest BCUT2D eigenvalue weighted by Gasteiger charge is 2.37. The first-order chi connectivity index (χ1) is 11.8. The Morgan fingerprint density at radius 3 is 2.00 bits per heavy atom. The van der Waals surface area contributed by atoms with E-state index in [2.05, 4.69) is 4.90 Å². The van der Waals surface area contributed by atoms with Crippen molar-refractivity contribution >= 4 is 5.69 Å². The second-order valence-corrected chi connectivity index (χ2v) is 6.28. The van der Waals surface area contributed by atoms with Gasteiger partial charge in [-0.3, -0.25) is 0 Å². The molecule has 3 rings (SSSR count). The van der Waals surface area contributed by atoms with Gasteiger partial charge in [-0.25, -0.2) is 0 Å². The summed E-state index contributed by atoms with van der Waals surface area (Å²) < 4.78 is 44.0. The second kappa shape index (κ2) is 6.59. The Morgan fingerprint density at radius 1 is 0.960 bits per heavy atom. The van der Waals surface area contributed by atoms with Gasteiger partial charge in [-0.05, 0) is 54.8 Å². The smallest absolute Gasteiger partial charge is 0.416 e. The van der Waals surface area contributed by atoms with E-state index in [4.69, 9.17) is 4.74 Å². The maximum absolute atomic E-state index is 12.8. The molecule has 1 aliphatic heterocycles. The molecule has 25 heavy (non-hydrogen) atoms. The molecule has 0 amide bonds. The molecule has 0 saturated carbocycles. The molecule has 134 valence electrons. The van der Waals surface area contributed by atoms with Gasteiger partial charge < -0.3 is 14.7 Å². The summed E-state index contributed by atoms with van der Waals surface area (Å²) in [4.78, 5) is 2.18. The van der Waals surface area contributed by atoms with E-state index in [1.807, 2.05) is 12.1 Å². The Labute approximate surface area is 144 Å². The Bertz CT molecular complexity index is 703. The fraction of sp³-hybridized carbons (Fsp3) is 0.368. The summed E-state index contributed by atoms with van der Waals surface area (Å²) in [6, 6.07) is 12.3. The quantitative estimate of drug-likeness (QED) is 0.880. The maximum atomic E-state index is 12.8. The summed E-state index contributed by atoms with van der Waals surface area (Å²) in [6.45, 7) is 1.44. The number of alkyl halides is 3. The number of halogens is 3. The predicted octanol–water partition coefficient (Wildman–Crippen LogP) is 4.55. The highest BCUT2D eigenvalue weighted by Crippen LogP contribution is 2.39. The Kier molecular flexibility index (Phi) is 4.64. The molecule has 0 aliphatic carbocycles. The summed E-state index contributed by atoms with van der Waals surface area (Å²) in [7, 11) is 1.61. The highest BCUT2D eigenvalue weighted by atomic mass is 19.4. The number of phenols is 1. The van der Waals surface area contributed by atoms with Gasteiger partial charge in [0.15, 0.2) is 0 Å². The minimum atomic E-state index is -4.33. The van der Waals surface area contributed by atoms with Crippen molar-refractivity contribution in [3.8, 4) is 5.75 Å². The van der Waals surface area contributed by atoms with Gasteiger partial charge in [0, 0.05) is 25.9 Å². The summed E-state index contributed by atoms with van der Waals surface area (Å²) in [5, 5.41) is 9.39. The van der Waals surface area contributed by atoms with Crippen LogP contribution in [0, 0.1) is 0 Å². The van der Waals surface area contributed by atoms with Crippen molar-refractivity contribution in [3.63, 3.8) is 0 Å². The highest BCUT2D eigenvalue weighted by molar-refractivity contribution is 5.49. The zero-order valence-electron chi connectivity index (χ0n) is 13.9. The van der Waals surface area contributed by atoms with Crippen LogP contribution in [0.3, 0.4) is 0 Å². The van der Waals surface area contributed by atoms with E-state index in [0.29, 0.717) is 12.8 Å². The molecule has 2 aromatic carbocycles. The van der Waals surface area contributed by atoms with Crippen LogP contribution in [0.15, 0.2) is 48.5 Å². The van der Waals surface area contributed by atoms with Crippen LogP contribution in [-0.4, -0.2) is 25.3 Å². The number of ether oxygens (including phenoxy) is 1. The first-order valence-electron chi connectivity index (χ1n) is 8.11. The van der Waals surface area contributed by atoms with Crippen LogP contribution >= 0.6 is 0 Å². The lowest BCUT2D eigenvalue weighted by atomic mass is 9.83. The standard InChI is InChI=1S/C19H20F3NO2/c1-25-18(14-2-4-15(5-3-14)19(20,21)22)10-12-23(13-11-18)16-6-8-17(24)9-7-16/h2-9,24H,10-13H2,1H3. The predicted molar refractivity (Wildman–Crippen MR) is 89.7 cm³/mol. The normalized spacial score (nSPS) is 17.5. The van der Waals surface area contributed by atoms with Gasteiger partial charge in [0.05, 0.1) is 11.2 Å². The number of piperidine rings is 1. The molecule has 0 radical (unpaired) electrons. The van der Waals surface area contributed by atoms with Gasteiger partial charge in [-0.2, -0.15) is 13.2 Å². The molecule has 0 unspecified atom stereocenters. The van der Waals surface area contributed by atoms with Gasteiger partial charge in [-0.1, -0.05) is 12.1 Å². The number of methoxy groups -OCH3 is 1. The molecule has 0 aromatic heterocycles. The minimum absolute atomic E-state index is 0.219. The molecule has 0 atom stereocenters. The molecule has 1 heterocycles. The van der Waals surface area contributed by atoms with Gasteiger partial charge in [0.1, 0.15) is 5.75 Å². The average molecular weight is 351 g/mol. The number of anilines is 1. The Morgan fingerprint density at radius 2 is 1.52 bits per heavy atom. The number of benzene rings is 2. The third-order valence-corrected chi connectivity index (χ3v) is 4.92. The molecule has 2 aromatic rings. The molecule has 0 spiro atoms. The van der Waals surface area contributed by atoms with Crippen LogP contribution in [0.5, 0.6) is 5.75 Å². The van der Waals surface area contributed by atoms with Gasteiger partial charge in [-0.15, -0.1) is 0 Å². The van der Waals surface area contributed by atoms with E-state index in [9.17, 15) is 18.3 Å². The van der Waals surface area contributed by atoms with Crippen LogP contribution in [0.2, 0.25) is 0 Å². The lowest BCUT2D eigenvalue weighted by molar-refractivity contribution is -0.137. The van der Waals surface area contributed by atoms with Crippen molar-refractivity contribution < 1.29 is 23.0 Å². The number of phenolic OH excluding ortho intramolecular Hbond substituents is 1. The van der Waals surface area contributed by atoms with Crippen LogP contribution in [0.1, 0.15) is 24.0 Å². The molecule has 1 fully saturated rings. The minimum Gasteiger partial charge on any atom is -0.508 e. The van der Waals surface area contributed by atoms with Gasteiger partial charge >= 0.3 is 6.18 Å². The molecule has 0 bridgehead atoms. The van der Waals surface area contributed by atoms with Crippen molar-refractivity contribution in [3.05, 3.63) is 59.7 Å². The number of rotatable bonds is 3. The monoisotopic (exact) mass is 351 g/mol. The van der Waals surface area contributed by atoms with E-state index in [1.54, 1.807) is 19.2 Å². The lowest BCUT2D eigenvalue weighted by Crippen LogP contribution is -2.43. The van der Waals surface area contributed by atoms with E-state index in [1.165, 1.54) is 12.1 Å². The summed E-state index contributed by atoms with van der Waals surface area (Å²) in [5.74, 6) is 0.219. The topological polar surface area (TPSA) is 32.7 Å². The zero-order chi connectivity index (χ0) is 18.1. The Balaban J connectivity index is 1.76. The molecule has 1 N–H and O–H groups in total. The molecular formula is C19H20F3NO2. The lowest BCUT2D eigenvalue weighted by Gasteiger charge is -2.42. The van der Waals surface area contributed by atoms with E-state index in [-0.39, 0.29) is 5.75 Å². The fourth-order valence-corrected chi connectivity index (χ4v) is 3.36. The van der Waals surface area contributed by atoms with Crippen molar-refractivity contribution in [1.82, 2.24) is 0 Å². The van der Waals surface area contributed by atoms with Crippen LogP contribution < -0.4 is 4.90 Å². The van der Waals surface area contributed by atoms with Gasteiger partial charge in [0.25, 0.3) is 0 Å². The van der Waals surface area contributed by atoms with E-state index >= 15 is 0 Å². The summed E-state index contributed by atoms with van der Waals surface area (Å²) in [6.07, 6.45) is -2.98. The molecule has 1 aliphatic rings. The van der Waals surface area contributed by atoms with E-state index < -0.39 is 17.3 Å². The van der Waals surface area contributed by atoms with Crippen LogP contribution in [0.4, 0.5) is 18.9 Å².